The molecule has 2 aromatic rings. The summed E-state index contributed by atoms with van der Waals surface area (Å²) in [6.07, 6.45) is 0. The maximum absolute atomic E-state index is 12.8. The Hall–Kier alpha value is -2.28. The summed E-state index contributed by atoms with van der Waals surface area (Å²) in [6.45, 7) is 6.99. The van der Waals surface area contributed by atoms with Gasteiger partial charge in [-0.25, -0.2) is 0 Å². The highest BCUT2D eigenvalue weighted by Crippen LogP contribution is 2.27. The summed E-state index contributed by atoms with van der Waals surface area (Å²) in [5, 5.41) is 3.54. The predicted octanol–water partition coefficient (Wildman–Crippen LogP) is 0.668. The first-order chi connectivity index (χ1) is 14.0. The van der Waals surface area contributed by atoms with Crippen LogP contribution < -0.4 is 24.6 Å². The van der Waals surface area contributed by atoms with Crippen molar-refractivity contribution in [2.75, 3.05) is 45.7 Å². The number of ether oxygens (including phenoxy) is 2. The second-order valence-corrected chi connectivity index (χ2v) is 7.93. The number of benzene rings is 2. The van der Waals surface area contributed by atoms with Gasteiger partial charge >= 0.3 is 0 Å². The lowest BCUT2D eigenvalue weighted by Gasteiger charge is -2.32. The van der Waals surface area contributed by atoms with Crippen LogP contribution in [0.15, 0.2) is 42.5 Å². The van der Waals surface area contributed by atoms with E-state index in [2.05, 4.69) is 17.4 Å². The van der Waals surface area contributed by atoms with E-state index in [4.69, 9.17) is 21.1 Å². The van der Waals surface area contributed by atoms with Crippen molar-refractivity contribution in [1.29, 1.82) is 0 Å². The molecule has 6 nitrogen and oxygen atoms in total. The molecule has 0 aliphatic carbocycles. The number of methoxy groups -OCH3 is 2. The number of hydrogen-bond donors (Lipinski definition) is 3. The van der Waals surface area contributed by atoms with Gasteiger partial charge in [0.2, 0.25) is 0 Å². The summed E-state index contributed by atoms with van der Waals surface area (Å²) in [7, 11) is 3.26. The Labute approximate surface area is 177 Å². The van der Waals surface area contributed by atoms with Gasteiger partial charge in [-0.05, 0) is 49.4 Å². The smallest absolute Gasteiger partial charge is 0.282 e. The van der Waals surface area contributed by atoms with Crippen LogP contribution >= 0.6 is 11.6 Å². The summed E-state index contributed by atoms with van der Waals surface area (Å²) in [6, 6.07) is 13.4. The summed E-state index contributed by atoms with van der Waals surface area (Å²) in [4.78, 5) is 15.6. The van der Waals surface area contributed by atoms with Crippen LogP contribution in [0.25, 0.3) is 0 Å². The zero-order valence-electron chi connectivity index (χ0n) is 17.3. The Morgan fingerprint density at radius 1 is 1.07 bits per heavy atom. The molecule has 1 atom stereocenters. The SMILES string of the molecule is COc1ccc(C[NH+]2CC[NH+]([C@H](C)C(=O)Nc3cc(Cl)ccc3OC)CC2)cc1. The van der Waals surface area contributed by atoms with Gasteiger partial charge in [-0.1, -0.05) is 11.6 Å². The Balaban J connectivity index is 1.52. The zero-order valence-corrected chi connectivity index (χ0v) is 18.0. The van der Waals surface area contributed by atoms with Crippen molar-refractivity contribution >= 4 is 23.2 Å². The van der Waals surface area contributed by atoms with Crippen LogP contribution in [0.5, 0.6) is 11.5 Å². The monoisotopic (exact) mass is 419 g/mol. The number of quaternary nitrogens is 2. The number of piperazine rings is 1. The molecule has 1 heterocycles. The van der Waals surface area contributed by atoms with Gasteiger partial charge in [-0.15, -0.1) is 0 Å². The molecule has 1 fully saturated rings. The number of carbonyl (C=O) groups is 1. The van der Waals surface area contributed by atoms with Gasteiger partial charge in [-0.3, -0.25) is 4.79 Å². The van der Waals surface area contributed by atoms with E-state index >= 15 is 0 Å². The van der Waals surface area contributed by atoms with Gasteiger partial charge in [0.1, 0.15) is 44.2 Å². The molecular weight excluding hydrogens is 390 g/mol. The maximum atomic E-state index is 12.8. The quantitative estimate of drug-likeness (QED) is 0.618. The lowest BCUT2D eigenvalue weighted by atomic mass is 10.1. The van der Waals surface area contributed by atoms with E-state index in [-0.39, 0.29) is 11.9 Å². The van der Waals surface area contributed by atoms with Crippen LogP contribution in [0.2, 0.25) is 5.02 Å². The fourth-order valence-electron chi connectivity index (χ4n) is 3.77. The standard InChI is InChI=1S/C22H28ClN3O3/c1-16(22(27)24-20-14-18(23)6-9-21(20)29-3)26-12-10-25(11-13-26)15-17-4-7-19(28-2)8-5-17/h4-9,14,16H,10-13,15H2,1-3H3,(H,24,27)/p+2/t16-/m1/s1. The Morgan fingerprint density at radius 3 is 2.38 bits per heavy atom. The topological polar surface area (TPSA) is 56.4 Å². The van der Waals surface area contributed by atoms with E-state index < -0.39 is 0 Å². The van der Waals surface area contributed by atoms with E-state index in [9.17, 15) is 4.79 Å². The fraction of sp³-hybridized carbons (Fsp3) is 0.409. The third-order valence-electron chi connectivity index (χ3n) is 5.64. The molecule has 0 saturated carbocycles. The molecule has 0 spiro atoms. The molecule has 7 heteroatoms. The van der Waals surface area contributed by atoms with Crippen LogP contribution in [-0.4, -0.2) is 52.3 Å². The van der Waals surface area contributed by atoms with Crippen LogP contribution in [0.1, 0.15) is 12.5 Å². The molecule has 0 radical (unpaired) electrons. The van der Waals surface area contributed by atoms with Crippen molar-refractivity contribution in [2.45, 2.75) is 19.5 Å². The number of amides is 1. The van der Waals surface area contributed by atoms with Crippen LogP contribution in [-0.2, 0) is 11.3 Å². The number of rotatable bonds is 7. The Kier molecular flexibility index (Phi) is 7.36. The van der Waals surface area contributed by atoms with Crippen LogP contribution in [0.4, 0.5) is 5.69 Å². The average molecular weight is 420 g/mol. The number of nitrogens with one attached hydrogen (secondary N) is 3. The van der Waals surface area contributed by atoms with Gasteiger partial charge in [0.05, 0.1) is 19.9 Å². The molecule has 1 amide bonds. The number of anilines is 1. The van der Waals surface area contributed by atoms with Gasteiger partial charge in [-0.2, -0.15) is 0 Å². The minimum Gasteiger partial charge on any atom is -0.497 e. The van der Waals surface area contributed by atoms with E-state index in [1.165, 1.54) is 10.5 Å². The Morgan fingerprint density at radius 2 is 1.76 bits per heavy atom. The molecule has 1 aliphatic heterocycles. The third kappa shape index (κ3) is 5.63. The second kappa shape index (κ2) is 9.96. The van der Waals surface area contributed by atoms with Crippen molar-refractivity contribution in [3.05, 3.63) is 53.1 Å². The molecule has 3 N–H and O–H groups in total. The van der Waals surface area contributed by atoms with E-state index in [1.54, 1.807) is 37.3 Å². The first-order valence-corrected chi connectivity index (χ1v) is 10.3. The molecule has 3 rings (SSSR count). The molecule has 1 aliphatic rings. The molecular formula is C22H30ClN3O3+2. The summed E-state index contributed by atoms with van der Waals surface area (Å²) in [5.41, 5.74) is 1.92. The van der Waals surface area contributed by atoms with Gasteiger partial charge < -0.3 is 24.6 Å². The van der Waals surface area contributed by atoms with Gasteiger partial charge in [0.25, 0.3) is 5.91 Å². The van der Waals surface area contributed by atoms with Crippen molar-refractivity contribution in [2.24, 2.45) is 0 Å². The van der Waals surface area contributed by atoms with Crippen molar-refractivity contribution < 1.29 is 24.1 Å². The highest BCUT2D eigenvalue weighted by atomic mass is 35.5. The lowest BCUT2D eigenvalue weighted by Crippen LogP contribution is -3.29. The number of halogens is 1. The molecule has 1 saturated heterocycles. The highest BCUT2D eigenvalue weighted by Gasteiger charge is 2.31. The van der Waals surface area contributed by atoms with E-state index in [1.807, 2.05) is 19.1 Å². The second-order valence-electron chi connectivity index (χ2n) is 7.49. The first-order valence-electron chi connectivity index (χ1n) is 9.95. The molecule has 29 heavy (non-hydrogen) atoms. The number of carbonyl (C=O) groups excluding carboxylic acids is 1. The van der Waals surface area contributed by atoms with Gasteiger partial charge in [0.15, 0.2) is 6.04 Å². The van der Waals surface area contributed by atoms with Crippen molar-refractivity contribution in [1.82, 2.24) is 0 Å². The molecule has 0 aromatic heterocycles. The zero-order chi connectivity index (χ0) is 20.8. The third-order valence-corrected chi connectivity index (χ3v) is 5.87. The predicted molar refractivity (Wildman–Crippen MR) is 114 cm³/mol. The van der Waals surface area contributed by atoms with Crippen LogP contribution in [0.3, 0.4) is 0 Å². The molecule has 156 valence electrons. The summed E-state index contributed by atoms with van der Waals surface area (Å²) in [5.74, 6) is 1.48. The minimum atomic E-state index is -0.138. The van der Waals surface area contributed by atoms with E-state index in [0.717, 1.165) is 38.5 Å². The van der Waals surface area contributed by atoms with Crippen molar-refractivity contribution in [3.8, 4) is 11.5 Å². The van der Waals surface area contributed by atoms with Crippen LogP contribution in [0, 0.1) is 0 Å². The average Bonchev–Trinajstić information content (AvgIpc) is 2.74. The fourth-order valence-corrected chi connectivity index (χ4v) is 3.94. The normalized spacial score (nSPS) is 20.0. The Bertz CT molecular complexity index is 821. The lowest BCUT2D eigenvalue weighted by molar-refractivity contribution is -1.02. The van der Waals surface area contributed by atoms with Crippen molar-refractivity contribution in [3.63, 3.8) is 0 Å². The first kappa shape index (κ1) is 21.4. The van der Waals surface area contributed by atoms with E-state index in [0.29, 0.717) is 16.5 Å². The maximum Gasteiger partial charge on any atom is 0.282 e. The number of hydrogen-bond acceptors (Lipinski definition) is 3. The molecule has 2 aromatic carbocycles. The summed E-state index contributed by atoms with van der Waals surface area (Å²) < 4.78 is 10.5. The molecule has 0 bridgehead atoms. The highest BCUT2D eigenvalue weighted by molar-refractivity contribution is 6.31. The summed E-state index contributed by atoms with van der Waals surface area (Å²) >= 11 is 6.06. The molecule has 0 unspecified atom stereocenters. The largest absolute Gasteiger partial charge is 0.497 e. The minimum absolute atomic E-state index is 0.0147. The van der Waals surface area contributed by atoms with Gasteiger partial charge in [0, 0.05) is 10.6 Å².